The van der Waals surface area contributed by atoms with Crippen LogP contribution in [-0.2, 0) is 22.6 Å². The van der Waals surface area contributed by atoms with Gasteiger partial charge in [-0.3, -0.25) is 9.59 Å². The molecule has 0 spiro atoms. The molecule has 0 radical (unpaired) electrons. The predicted molar refractivity (Wildman–Crippen MR) is 126 cm³/mol. The maximum Gasteiger partial charge on any atom is 0.416 e. The van der Waals surface area contributed by atoms with Crippen molar-refractivity contribution in [3.63, 3.8) is 0 Å². The quantitative estimate of drug-likeness (QED) is 0.467. The first-order valence-electron chi connectivity index (χ1n) is 10.6. The molecule has 36 heavy (non-hydrogen) atoms. The van der Waals surface area contributed by atoms with E-state index in [2.05, 4.69) is 4.98 Å². The van der Waals surface area contributed by atoms with Gasteiger partial charge >= 0.3 is 6.18 Å². The van der Waals surface area contributed by atoms with Gasteiger partial charge in [0.15, 0.2) is 9.84 Å². The molecule has 0 fully saturated rings. The molecule has 1 aromatic heterocycles. The van der Waals surface area contributed by atoms with Crippen molar-refractivity contribution in [2.75, 3.05) is 24.4 Å². The van der Waals surface area contributed by atoms with Gasteiger partial charge in [0, 0.05) is 18.0 Å². The van der Waals surface area contributed by atoms with Gasteiger partial charge in [0.25, 0.3) is 11.5 Å². The fourth-order valence-corrected chi connectivity index (χ4v) is 4.00. The summed E-state index contributed by atoms with van der Waals surface area (Å²) in [5, 5.41) is 9.01. The summed E-state index contributed by atoms with van der Waals surface area (Å²) in [5.41, 5.74) is -1.58. The van der Waals surface area contributed by atoms with Crippen LogP contribution >= 0.6 is 0 Å². The second-order valence-corrected chi connectivity index (χ2v) is 9.94. The van der Waals surface area contributed by atoms with Crippen LogP contribution in [0.25, 0.3) is 0 Å². The van der Waals surface area contributed by atoms with Crippen molar-refractivity contribution in [3.8, 4) is 5.75 Å². The van der Waals surface area contributed by atoms with E-state index in [1.807, 2.05) is 0 Å². The number of hydrogen-bond acceptors (Lipinski definition) is 6. The lowest BCUT2D eigenvalue weighted by Gasteiger charge is -2.24. The Balaban J connectivity index is 2.10. The number of rotatable bonds is 8. The van der Waals surface area contributed by atoms with Crippen molar-refractivity contribution in [3.05, 3.63) is 87.3 Å². The number of carbonyl (C=O) groups is 1. The zero-order chi connectivity index (χ0) is 26.7. The number of nitrogens with one attached hydrogen (secondary N) is 1. The highest BCUT2D eigenvalue weighted by atomic mass is 32.2. The second-order valence-electron chi connectivity index (χ2n) is 7.93. The van der Waals surface area contributed by atoms with Crippen LogP contribution in [0.2, 0.25) is 0 Å². The summed E-state index contributed by atoms with van der Waals surface area (Å²) in [6.45, 7) is 0.840. The summed E-state index contributed by atoms with van der Waals surface area (Å²) in [6, 6.07) is 10.7. The van der Waals surface area contributed by atoms with Crippen LogP contribution in [0.3, 0.4) is 0 Å². The first kappa shape index (κ1) is 27.0. The predicted octanol–water partition coefficient (Wildman–Crippen LogP) is 3.32. The molecule has 1 heterocycles. The highest BCUT2D eigenvalue weighted by molar-refractivity contribution is 7.90. The first-order chi connectivity index (χ1) is 16.8. The number of aromatic amines is 1. The number of benzene rings is 2. The zero-order valence-corrected chi connectivity index (χ0v) is 20.1. The number of halogens is 3. The normalized spacial score (nSPS) is 11.8. The molecular weight excluding hydrogens is 501 g/mol. The molecule has 0 bridgehead atoms. The van der Waals surface area contributed by atoms with Crippen LogP contribution in [0.5, 0.6) is 5.75 Å². The summed E-state index contributed by atoms with van der Waals surface area (Å²) in [6.07, 6.45) is -3.64. The van der Waals surface area contributed by atoms with Crippen LogP contribution in [-0.4, -0.2) is 43.9 Å². The first-order valence-corrected chi connectivity index (χ1v) is 12.5. The van der Waals surface area contributed by atoms with Crippen LogP contribution in [0.1, 0.15) is 27.2 Å². The van der Waals surface area contributed by atoms with E-state index in [-0.39, 0.29) is 36.1 Å². The van der Waals surface area contributed by atoms with Gasteiger partial charge < -0.3 is 19.7 Å². The number of H-pyrrole nitrogens is 1. The number of aryl methyl sites for hydroxylation is 1. The van der Waals surface area contributed by atoms with Crippen LogP contribution in [0, 0.1) is 6.92 Å². The topological polar surface area (TPSA) is 117 Å². The second kappa shape index (κ2) is 10.5. The lowest BCUT2D eigenvalue weighted by atomic mass is 10.1. The van der Waals surface area contributed by atoms with Gasteiger partial charge in [0.2, 0.25) is 0 Å². The molecular formula is C24H23F3N2O6S. The van der Waals surface area contributed by atoms with E-state index in [0.717, 1.165) is 29.4 Å². The summed E-state index contributed by atoms with van der Waals surface area (Å²) in [7, 11) is -3.49. The maximum absolute atomic E-state index is 13.5. The number of pyridine rings is 1. The van der Waals surface area contributed by atoms with Gasteiger partial charge in [-0.15, -0.1) is 0 Å². The molecule has 3 aromatic rings. The molecule has 0 aliphatic heterocycles. The fraction of sp³-hybridized carbons (Fsp3) is 0.250. The van der Waals surface area contributed by atoms with E-state index < -0.39 is 38.6 Å². The Kier molecular flexibility index (Phi) is 7.89. The molecule has 0 saturated carbocycles. The Labute approximate surface area is 204 Å². The number of aliphatic hydroxyl groups is 1. The smallest absolute Gasteiger partial charge is 0.416 e. The molecule has 2 aromatic carbocycles. The Bertz CT molecular complexity index is 1420. The van der Waals surface area contributed by atoms with Gasteiger partial charge in [0.1, 0.15) is 17.9 Å². The number of amides is 1. The van der Waals surface area contributed by atoms with Gasteiger partial charge in [0.05, 0.1) is 29.3 Å². The molecule has 0 aliphatic carbocycles. The molecule has 0 unspecified atom stereocenters. The third-order valence-corrected chi connectivity index (χ3v) is 6.32. The minimum atomic E-state index is -4.67. The standard InChI is InChI=1S/C24H23F3N2O6S/c1-15-21(35-11-10-30)13-20(22(31)28-15)23(32)29(18-5-3-4-17(12-18)24(25,26)27)14-16-6-8-19(9-7-16)36(2,33)34/h3-9,12-13,30H,10-11,14H2,1-2H3,(H,28,31). The van der Waals surface area contributed by atoms with Gasteiger partial charge in [-0.1, -0.05) is 18.2 Å². The molecule has 3 rings (SSSR count). The molecule has 0 saturated heterocycles. The average molecular weight is 525 g/mol. The van der Waals surface area contributed by atoms with Gasteiger partial charge in [-0.05, 0) is 42.8 Å². The summed E-state index contributed by atoms with van der Waals surface area (Å²) in [5.74, 6) is -0.787. The Morgan fingerprint density at radius 3 is 2.36 bits per heavy atom. The average Bonchev–Trinajstić information content (AvgIpc) is 2.81. The summed E-state index contributed by atoms with van der Waals surface area (Å²) < 4.78 is 68.9. The number of nitrogens with zero attached hydrogens (tertiary/aromatic N) is 1. The number of sulfone groups is 1. The SMILES string of the molecule is Cc1[nH]c(=O)c(C(=O)N(Cc2ccc(S(C)(=O)=O)cc2)c2cccc(C(F)(F)F)c2)cc1OCCO. The van der Waals surface area contributed by atoms with Crippen molar-refractivity contribution < 1.29 is 36.2 Å². The van der Waals surface area contributed by atoms with E-state index in [4.69, 9.17) is 9.84 Å². The third-order valence-electron chi connectivity index (χ3n) is 5.19. The number of ether oxygens (including phenoxy) is 1. The largest absolute Gasteiger partial charge is 0.489 e. The van der Waals surface area contributed by atoms with Gasteiger partial charge in [-0.2, -0.15) is 13.2 Å². The third kappa shape index (κ3) is 6.32. The van der Waals surface area contributed by atoms with Crippen LogP contribution in [0.4, 0.5) is 18.9 Å². The van der Waals surface area contributed by atoms with E-state index in [0.29, 0.717) is 11.3 Å². The Morgan fingerprint density at radius 2 is 1.78 bits per heavy atom. The van der Waals surface area contributed by atoms with Crippen molar-refractivity contribution in [1.82, 2.24) is 4.98 Å². The van der Waals surface area contributed by atoms with Crippen molar-refractivity contribution in [2.45, 2.75) is 24.5 Å². The highest BCUT2D eigenvalue weighted by Gasteiger charge is 2.32. The lowest BCUT2D eigenvalue weighted by Crippen LogP contribution is -2.35. The highest BCUT2D eigenvalue weighted by Crippen LogP contribution is 2.32. The summed E-state index contributed by atoms with van der Waals surface area (Å²) in [4.78, 5) is 29.6. The maximum atomic E-state index is 13.5. The summed E-state index contributed by atoms with van der Waals surface area (Å²) >= 11 is 0. The molecule has 12 heteroatoms. The van der Waals surface area contributed by atoms with Crippen molar-refractivity contribution >= 4 is 21.4 Å². The molecule has 8 nitrogen and oxygen atoms in total. The molecule has 0 aliphatic rings. The number of aromatic nitrogens is 1. The monoisotopic (exact) mass is 524 g/mol. The van der Waals surface area contributed by atoms with Crippen molar-refractivity contribution in [2.24, 2.45) is 0 Å². The van der Waals surface area contributed by atoms with E-state index in [1.165, 1.54) is 43.3 Å². The van der Waals surface area contributed by atoms with Crippen LogP contribution < -0.4 is 15.2 Å². The lowest BCUT2D eigenvalue weighted by molar-refractivity contribution is -0.137. The molecule has 192 valence electrons. The number of carbonyl (C=O) groups excluding carboxylic acids is 1. The number of anilines is 1. The van der Waals surface area contributed by atoms with Gasteiger partial charge in [-0.25, -0.2) is 8.42 Å². The van der Waals surface area contributed by atoms with Crippen molar-refractivity contribution in [1.29, 1.82) is 0 Å². The van der Waals surface area contributed by atoms with E-state index >= 15 is 0 Å². The number of alkyl halides is 3. The molecule has 1 amide bonds. The Morgan fingerprint density at radius 1 is 1.11 bits per heavy atom. The fourth-order valence-electron chi connectivity index (χ4n) is 3.37. The van der Waals surface area contributed by atoms with E-state index in [9.17, 15) is 31.2 Å². The Hall–Kier alpha value is -3.64. The number of hydrogen-bond donors (Lipinski definition) is 2. The number of aliphatic hydroxyl groups excluding tert-OH is 1. The molecule has 0 atom stereocenters. The van der Waals surface area contributed by atoms with E-state index in [1.54, 1.807) is 0 Å². The molecule has 2 N–H and O–H groups in total. The minimum Gasteiger partial charge on any atom is -0.489 e. The minimum absolute atomic E-state index is 0.0313. The van der Waals surface area contributed by atoms with Crippen LogP contribution in [0.15, 0.2) is 64.3 Å². The zero-order valence-electron chi connectivity index (χ0n) is 19.3.